The maximum Gasteiger partial charge on any atom is 0.255 e. The van der Waals surface area contributed by atoms with E-state index in [1.54, 1.807) is 0 Å². The number of rotatable bonds is 3. The fourth-order valence-electron chi connectivity index (χ4n) is 1.61. The van der Waals surface area contributed by atoms with Gasteiger partial charge in [0.05, 0.1) is 7.21 Å². The average Bonchev–Trinajstić information content (AvgIpc) is 2.07. The van der Waals surface area contributed by atoms with E-state index >= 15 is 0 Å². The molecule has 0 aromatic carbocycles. The minimum absolute atomic E-state index is 0.137. The van der Waals surface area contributed by atoms with Crippen molar-refractivity contribution in [2.75, 3.05) is 6.16 Å². The Morgan fingerprint density at radius 1 is 0.889 bits per heavy atom. The minimum atomic E-state index is -2.78. The molecule has 0 fully saturated rings. The molecule has 0 aromatic rings. The van der Waals surface area contributed by atoms with Gasteiger partial charge in [-0.25, -0.2) is 9.03 Å². The van der Waals surface area contributed by atoms with Crippen LogP contribution in [0.4, 0.5) is 0 Å². The highest BCUT2D eigenvalue weighted by atomic mass is 35.9. The molecule has 0 saturated heterocycles. The van der Waals surface area contributed by atoms with Gasteiger partial charge in [0, 0.05) is 11.3 Å². The van der Waals surface area contributed by atoms with Crippen LogP contribution in [-0.2, 0) is 0 Å². The normalized spacial score (nSPS) is 30.0. The van der Waals surface area contributed by atoms with E-state index in [0.29, 0.717) is 0 Å². The fraction of sp³-hybridized carbons (Fsp3) is 1.00. The molecule has 108 valence electrons. The molecule has 3 nitrogen and oxygen atoms in total. The molecule has 18 heavy (non-hydrogen) atoms. The summed E-state index contributed by atoms with van der Waals surface area (Å²) in [5.74, 6) is -5.56. The lowest BCUT2D eigenvalue weighted by atomic mass is 10.3. The molecule has 0 radical (unpaired) electrons. The van der Waals surface area contributed by atoms with Crippen LogP contribution in [0.3, 0.4) is 0 Å². The summed E-state index contributed by atoms with van der Waals surface area (Å²) in [5.41, 5.74) is 0. The Morgan fingerprint density at radius 3 is 1.78 bits per heavy atom. The van der Waals surface area contributed by atoms with Gasteiger partial charge in [-0.1, -0.05) is 34.1 Å². The fourth-order valence-corrected chi connectivity index (χ4v) is 20.0. The van der Waals surface area contributed by atoms with Gasteiger partial charge in [-0.05, 0) is 51.4 Å². The molecule has 1 atom stereocenters. The second-order valence-corrected chi connectivity index (χ2v) is 19.1. The number of unbranched alkanes of at least 4 members (excludes halogenated alkanes) is 1. The van der Waals surface area contributed by atoms with Crippen molar-refractivity contribution in [2.45, 2.75) is 45.7 Å². The van der Waals surface area contributed by atoms with E-state index in [-0.39, 0.29) is 5.16 Å². The maximum atomic E-state index is 6.20. The van der Waals surface area contributed by atoms with Gasteiger partial charge < -0.3 is 0 Å². The molecular weight excluding hydrogens is 373 g/mol. The van der Waals surface area contributed by atoms with Gasteiger partial charge in [0.1, 0.15) is 0 Å². The summed E-state index contributed by atoms with van der Waals surface area (Å²) in [7, 11) is -2.11. The summed E-state index contributed by atoms with van der Waals surface area (Å²) >= 11 is 24.8. The molecule has 0 amide bonds. The highest BCUT2D eigenvalue weighted by Gasteiger charge is 2.40. The Balaban J connectivity index is 3.51. The van der Waals surface area contributed by atoms with Crippen molar-refractivity contribution in [1.29, 1.82) is 0 Å². The zero-order chi connectivity index (χ0) is 14.2. The highest BCUT2D eigenvalue weighted by molar-refractivity contribution is 8.21. The quantitative estimate of drug-likeness (QED) is 0.432. The van der Waals surface area contributed by atoms with E-state index in [2.05, 4.69) is 41.2 Å². The van der Waals surface area contributed by atoms with E-state index in [0.717, 1.165) is 19.0 Å². The monoisotopic (exact) mass is 389 g/mol. The smallest absolute Gasteiger partial charge is 0.213 e. The third-order valence-electron chi connectivity index (χ3n) is 2.62. The third-order valence-corrected chi connectivity index (χ3v) is 16.4. The van der Waals surface area contributed by atoms with Crippen LogP contribution in [0.15, 0.2) is 13.5 Å². The first-order valence-electron chi connectivity index (χ1n) is 5.62. The number of hydrogen-bond donors (Lipinski definition) is 0. The van der Waals surface area contributed by atoms with Crippen molar-refractivity contribution in [2.24, 2.45) is 13.5 Å². The van der Waals surface area contributed by atoms with Crippen molar-refractivity contribution in [3.8, 4) is 0 Å². The molecule has 1 rings (SSSR count). The Labute approximate surface area is 129 Å². The molecule has 0 aliphatic carbocycles. The van der Waals surface area contributed by atoms with Crippen LogP contribution in [-0.4, -0.2) is 11.3 Å². The van der Waals surface area contributed by atoms with Crippen LogP contribution in [0.2, 0.25) is 0 Å². The summed E-state index contributed by atoms with van der Waals surface area (Å²) < 4.78 is 13.3. The summed E-state index contributed by atoms with van der Waals surface area (Å²) in [6.07, 6.45) is 2.93. The van der Waals surface area contributed by atoms with E-state index in [4.69, 9.17) is 45.0 Å². The minimum Gasteiger partial charge on any atom is -0.213 e. The Morgan fingerprint density at radius 2 is 1.39 bits per heavy atom. The van der Waals surface area contributed by atoms with Crippen LogP contribution in [0.1, 0.15) is 40.5 Å². The first kappa shape index (κ1) is 17.9. The molecule has 10 heteroatoms. The van der Waals surface area contributed by atoms with E-state index in [9.17, 15) is 0 Å². The van der Waals surface area contributed by atoms with Gasteiger partial charge in [-0.2, -0.15) is 4.52 Å². The molecule has 0 N–H and O–H groups in total. The first-order valence-corrected chi connectivity index (χ1v) is 14.5. The van der Waals surface area contributed by atoms with Gasteiger partial charge in [-0.3, -0.25) is 0 Å². The molecule has 0 saturated carbocycles. The van der Waals surface area contributed by atoms with Gasteiger partial charge in [0.2, 0.25) is 0 Å². The summed E-state index contributed by atoms with van der Waals surface area (Å²) in [6.45, 7) is 8.41. The van der Waals surface area contributed by atoms with Gasteiger partial charge in [0.15, 0.2) is 0 Å². The van der Waals surface area contributed by atoms with Crippen molar-refractivity contribution in [3.05, 3.63) is 0 Å². The second-order valence-electron chi connectivity index (χ2n) is 5.16. The third kappa shape index (κ3) is 4.42. The standard InChI is InChI=1S/C8H18Cl4N3P3/c1-5-6-7-16(8(2,3)4)13-17(9,10)15-18(11,12)14-16/h5-7H2,1-4H3. The number of halogens is 4. The topological polar surface area (TPSA) is 37.1 Å². The van der Waals surface area contributed by atoms with Crippen molar-refractivity contribution < 1.29 is 0 Å². The van der Waals surface area contributed by atoms with Crippen molar-refractivity contribution in [3.63, 3.8) is 0 Å². The van der Waals surface area contributed by atoms with Crippen molar-refractivity contribution >= 4 is 64.0 Å². The molecule has 0 spiro atoms. The molecule has 1 heterocycles. The summed E-state index contributed by atoms with van der Waals surface area (Å²) in [6, 6.07) is 0. The predicted molar refractivity (Wildman–Crippen MR) is 91.0 cm³/mol. The first-order chi connectivity index (χ1) is 7.93. The summed E-state index contributed by atoms with van der Waals surface area (Å²) in [5, 5.41) is -0.137. The number of hydrogen-bond acceptors (Lipinski definition) is 3. The lowest BCUT2D eigenvalue weighted by molar-refractivity contribution is 0.762. The summed E-state index contributed by atoms with van der Waals surface area (Å²) in [4.78, 5) is 0. The van der Waals surface area contributed by atoms with Crippen molar-refractivity contribution in [1.82, 2.24) is 0 Å². The Hall–Kier alpha value is 1.85. The van der Waals surface area contributed by atoms with E-state index in [1.165, 1.54) is 0 Å². The van der Waals surface area contributed by atoms with Gasteiger partial charge in [-0.15, -0.1) is 0 Å². The van der Waals surface area contributed by atoms with Crippen LogP contribution < -0.4 is 0 Å². The molecule has 1 unspecified atom stereocenters. The van der Waals surface area contributed by atoms with Gasteiger partial charge in [0.25, 0.3) is 11.8 Å². The van der Waals surface area contributed by atoms with Gasteiger partial charge >= 0.3 is 0 Å². The second kappa shape index (κ2) is 5.92. The van der Waals surface area contributed by atoms with Crippen LogP contribution >= 0.6 is 64.0 Å². The number of nitrogens with zero attached hydrogens (tertiary/aromatic N) is 3. The van der Waals surface area contributed by atoms with E-state index < -0.39 is 19.0 Å². The molecule has 0 aromatic heterocycles. The SMILES string of the molecule is CCCCP1(C(C)(C)C)=NP(Cl)(Cl)=NP(Cl)(Cl)=N1. The Bertz CT molecular complexity index is 475. The zero-order valence-corrected chi connectivity index (χ0v) is 16.5. The zero-order valence-electron chi connectivity index (χ0n) is 10.8. The largest absolute Gasteiger partial charge is 0.255 e. The van der Waals surface area contributed by atoms with Crippen LogP contribution in [0.25, 0.3) is 0 Å². The molecule has 1 aliphatic rings. The Kier molecular flexibility index (Phi) is 5.89. The molecular formula is C8H18Cl4N3P3. The maximum absolute atomic E-state index is 6.20. The van der Waals surface area contributed by atoms with Crippen LogP contribution in [0, 0.1) is 0 Å². The highest BCUT2D eigenvalue weighted by Crippen LogP contribution is 2.87. The van der Waals surface area contributed by atoms with E-state index in [1.807, 2.05) is 0 Å². The lowest BCUT2D eigenvalue weighted by Gasteiger charge is -2.37. The lowest BCUT2D eigenvalue weighted by Crippen LogP contribution is -2.16. The van der Waals surface area contributed by atoms with Crippen LogP contribution in [0.5, 0.6) is 0 Å². The molecule has 0 bridgehead atoms. The average molecular weight is 391 g/mol. The predicted octanol–water partition coefficient (Wildman–Crippen LogP) is 8.56. The molecule has 1 aliphatic heterocycles.